The molecule has 0 spiro atoms. The van der Waals surface area contributed by atoms with Crippen molar-refractivity contribution in [2.75, 3.05) is 6.61 Å². The lowest BCUT2D eigenvalue weighted by Gasteiger charge is -2.06. The summed E-state index contributed by atoms with van der Waals surface area (Å²) >= 11 is 3.40. The summed E-state index contributed by atoms with van der Waals surface area (Å²) in [6.07, 6.45) is 1.53. The maximum atomic E-state index is 11.5. The van der Waals surface area contributed by atoms with Crippen molar-refractivity contribution in [2.24, 2.45) is 5.92 Å². The van der Waals surface area contributed by atoms with Crippen molar-refractivity contribution >= 4 is 27.5 Å². The number of hydrogen-bond acceptors (Lipinski definition) is 2. The topological polar surface area (TPSA) is 26.3 Å². The smallest absolute Gasteiger partial charge is 0.331 e. The number of allylic oxidation sites excluding steroid dienone is 1. The van der Waals surface area contributed by atoms with Gasteiger partial charge in [0.05, 0.1) is 6.61 Å². The Morgan fingerprint density at radius 1 is 1.47 bits per heavy atom. The first-order chi connectivity index (χ1) is 7.99. The summed E-state index contributed by atoms with van der Waals surface area (Å²) in [4.78, 5) is 11.5. The van der Waals surface area contributed by atoms with E-state index in [4.69, 9.17) is 4.74 Å². The van der Waals surface area contributed by atoms with Gasteiger partial charge in [-0.15, -0.1) is 0 Å². The molecule has 0 unspecified atom stereocenters. The molecule has 17 heavy (non-hydrogen) atoms. The molecule has 3 heteroatoms. The van der Waals surface area contributed by atoms with Crippen LogP contribution >= 0.6 is 15.9 Å². The van der Waals surface area contributed by atoms with Crippen LogP contribution in [-0.4, -0.2) is 12.6 Å². The van der Waals surface area contributed by atoms with Gasteiger partial charge in [0, 0.05) is 10.5 Å². The summed E-state index contributed by atoms with van der Waals surface area (Å²) in [5, 5.41) is 0. The summed E-state index contributed by atoms with van der Waals surface area (Å²) in [5.41, 5.74) is 1.92. The Balaban J connectivity index is 2.69. The van der Waals surface area contributed by atoms with E-state index >= 15 is 0 Å². The largest absolute Gasteiger partial charge is 0.462 e. The molecule has 1 aromatic carbocycles. The summed E-state index contributed by atoms with van der Waals surface area (Å²) in [7, 11) is 0. The highest BCUT2D eigenvalue weighted by Crippen LogP contribution is 2.18. The van der Waals surface area contributed by atoms with E-state index in [1.807, 2.05) is 45.0 Å². The van der Waals surface area contributed by atoms with Gasteiger partial charge in [0.1, 0.15) is 0 Å². The van der Waals surface area contributed by atoms with Crippen molar-refractivity contribution < 1.29 is 9.53 Å². The fourth-order valence-electron chi connectivity index (χ4n) is 1.28. The number of carbonyl (C=O) groups excluding carboxylic acids is 1. The third kappa shape index (κ3) is 5.18. The third-order valence-electron chi connectivity index (χ3n) is 2.17. The number of carbonyl (C=O) groups is 1. The van der Waals surface area contributed by atoms with E-state index in [1.165, 1.54) is 6.08 Å². The predicted octanol–water partition coefficient (Wildman–Crippen LogP) is 4.05. The second-order valence-corrected chi connectivity index (χ2v) is 5.28. The van der Waals surface area contributed by atoms with Crippen LogP contribution in [0.4, 0.5) is 0 Å². The maximum absolute atomic E-state index is 11.5. The molecule has 0 heterocycles. The number of ether oxygens (including phenoxy) is 1. The zero-order valence-electron chi connectivity index (χ0n) is 10.4. The molecular formula is C14H17BrO2. The molecule has 0 saturated heterocycles. The van der Waals surface area contributed by atoms with Crippen molar-refractivity contribution in [3.05, 3.63) is 40.4 Å². The maximum Gasteiger partial charge on any atom is 0.331 e. The molecular weight excluding hydrogens is 280 g/mol. The molecule has 0 aliphatic heterocycles. The average molecular weight is 297 g/mol. The quantitative estimate of drug-likeness (QED) is 0.619. The van der Waals surface area contributed by atoms with Crippen molar-refractivity contribution in [3.63, 3.8) is 0 Å². The predicted molar refractivity (Wildman–Crippen MR) is 73.6 cm³/mol. The highest BCUT2D eigenvalue weighted by Gasteiger charge is 2.03. The van der Waals surface area contributed by atoms with E-state index in [0.29, 0.717) is 12.5 Å². The Morgan fingerprint density at radius 2 is 2.18 bits per heavy atom. The fourth-order valence-corrected chi connectivity index (χ4v) is 1.68. The summed E-state index contributed by atoms with van der Waals surface area (Å²) in [6.45, 7) is 6.38. The number of halogens is 1. The van der Waals surface area contributed by atoms with Crippen LogP contribution in [0.3, 0.4) is 0 Å². The van der Waals surface area contributed by atoms with Crippen molar-refractivity contribution in [3.8, 4) is 0 Å². The molecule has 0 aromatic heterocycles. The van der Waals surface area contributed by atoms with Crippen molar-refractivity contribution in [1.82, 2.24) is 0 Å². The van der Waals surface area contributed by atoms with Gasteiger partial charge in [0.2, 0.25) is 0 Å². The van der Waals surface area contributed by atoms with Gasteiger partial charge in [-0.2, -0.15) is 0 Å². The summed E-state index contributed by atoms with van der Waals surface area (Å²) in [5.74, 6) is 0.0784. The molecule has 1 aromatic rings. The Kier molecular flexibility index (Phi) is 5.42. The van der Waals surface area contributed by atoms with Gasteiger partial charge < -0.3 is 4.74 Å². The van der Waals surface area contributed by atoms with Gasteiger partial charge >= 0.3 is 5.97 Å². The summed E-state index contributed by atoms with van der Waals surface area (Å²) < 4.78 is 6.10. The van der Waals surface area contributed by atoms with Crippen molar-refractivity contribution in [2.45, 2.75) is 20.8 Å². The number of hydrogen-bond donors (Lipinski definition) is 0. The minimum absolute atomic E-state index is 0.281. The molecule has 0 atom stereocenters. The lowest BCUT2D eigenvalue weighted by Crippen LogP contribution is -2.07. The SMILES string of the molecule is C/C(=C\C(=O)OCC(C)C)c1cccc(Br)c1. The molecule has 0 saturated carbocycles. The first kappa shape index (κ1) is 14.0. The average Bonchev–Trinajstić information content (AvgIpc) is 2.26. The Morgan fingerprint density at radius 3 is 2.76 bits per heavy atom. The molecule has 1 rings (SSSR count). The minimum Gasteiger partial charge on any atom is -0.462 e. The second kappa shape index (κ2) is 6.60. The lowest BCUT2D eigenvalue weighted by atomic mass is 10.1. The first-order valence-electron chi connectivity index (χ1n) is 5.60. The van der Waals surface area contributed by atoms with Gasteiger partial charge in [-0.3, -0.25) is 0 Å². The van der Waals surface area contributed by atoms with E-state index in [2.05, 4.69) is 15.9 Å². The molecule has 0 aliphatic carbocycles. The molecule has 0 N–H and O–H groups in total. The van der Waals surface area contributed by atoms with Crippen LogP contribution in [-0.2, 0) is 9.53 Å². The van der Waals surface area contributed by atoms with Crippen LogP contribution < -0.4 is 0 Å². The molecule has 92 valence electrons. The van der Waals surface area contributed by atoms with Gasteiger partial charge in [0.15, 0.2) is 0 Å². The zero-order chi connectivity index (χ0) is 12.8. The third-order valence-corrected chi connectivity index (χ3v) is 2.67. The van der Waals surface area contributed by atoms with Crippen molar-refractivity contribution in [1.29, 1.82) is 0 Å². The van der Waals surface area contributed by atoms with E-state index in [0.717, 1.165) is 15.6 Å². The number of benzene rings is 1. The zero-order valence-corrected chi connectivity index (χ0v) is 12.0. The second-order valence-electron chi connectivity index (χ2n) is 4.36. The minimum atomic E-state index is -0.281. The molecule has 0 bridgehead atoms. The molecule has 2 nitrogen and oxygen atoms in total. The monoisotopic (exact) mass is 296 g/mol. The Labute approximate surface area is 111 Å². The Hall–Kier alpha value is -1.09. The standard InChI is InChI=1S/C14H17BrO2/c1-10(2)9-17-14(16)7-11(3)12-5-4-6-13(15)8-12/h4-8,10H,9H2,1-3H3/b11-7+. The van der Waals surface area contributed by atoms with E-state index < -0.39 is 0 Å². The fraction of sp³-hybridized carbons (Fsp3) is 0.357. The van der Waals surface area contributed by atoms with E-state index in [1.54, 1.807) is 0 Å². The first-order valence-corrected chi connectivity index (χ1v) is 6.39. The Bertz CT molecular complexity index is 422. The van der Waals surface area contributed by atoms with Crippen LogP contribution in [0.5, 0.6) is 0 Å². The van der Waals surface area contributed by atoms with Gasteiger partial charge in [0.25, 0.3) is 0 Å². The highest BCUT2D eigenvalue weighted by molar-refractivity contribution is 9.10. The number of rotatable bonds is 4. The van der Waals surface area contributed by atoms with Gasteiger partial charge in [-0.05, 0) is 36.1 Å². The van der Waals surface area contributed by atoms with Gasteiger partial charge in [-0.25, -0.2) is 4.79 Å². The highest BCUT2D eigenvalue weighted by atomic mass is 79.9. The molecule has 0 amide bonds. The van der Waals surface area contributed by atoms with E-state index in [9.17, 15) is 4.79 Å². The summed E-state index contributed by atoms with van der Waals surface area (Å²) in [6, 6.07) is 7.83. The molecule has 0 fully saturated rings. The van der Waals surface area contributed by atoms with Crippen LogP contribution in [0.1, 0.15) is 26.3 Å². The van der Waals surface area contributed by atoms with Crippen LogP contribution in [0.25, 0.3) is 5.57 Å². The normalized spacial score (nSPS) is 11.7. The van der Waals surface area contributed by atoms with Gasteiger partial charge in [-0.1, -0.05) is 41.9 Å². The van der Waals surface area contributed by atoms with E-state index in [-0.39, 0.29) is 5.97 Å². The number of esters is 1. The van der Waals surface area contributed by atoms with Crippen LogP contribution in [0, 0.1) is 5.92 Å². The molecule has 0 radical (unpaired) electrons. The van der Waals surface area contributed by atoms with Crippen LogP contribution in [0.15, 0.2) is 34.8 Å². The van der Waals surface area contributed by atoms with Crippen LogP contribution in [0.2, 0.25) is 0 Å². The molecule has 0 aliphatic rings. The lowest BCUT2D eigenvalue weighted by molar-refractivity contribution is -0.138.